The molecule has 0 aliphatic heterocycles. The smallest absolute Gasteiger partial charge is 0.225 e. The third-order valence-corrected chi connectivity index (χ3v) is 6.31. The Morgan fingerprint density at radius 1 is 1.30 bits per heavy atom. The van der Waals surface area contributed by atoms with Crippen molar-refractivity contribution in [2.24, 2.45) is 11.8 Å². The van der Waals surface area contributed by atoms with Crippen LogP contribution in [0.3, 0.4) is 0 Å². The normalized spacial score (nSPS) is 28.6. The fourth-order valence-electron chi connectivity index (χ4n) is 4.97. The van der Waals surface area contributed by atoms with E-state index in [0.29, 0.717) is 17.9 Å². The molecule has 140 valence electrons. The number of methoxy groups -OCH3 is 1. The minimum Gasteiger partial charge on any atom is -0.515 e. The van der Waals surface area contributed by atoms with E-state index < -0.39 is 5.41 Å². The molecule has 1 fully saturated rings. The van der Waals surface area contributed by atoms with Crippen LogP contribution in [-0.2, 0) is 16.6 Å². The molecular formula is C21H21ClN2O3. The fourth-order valence-corrected chi connectivity index (χ4v) is 5.14. The molecule has 0 bridgehead atoms. The third kappa shape index (κ3) is 2.56. The van der Waals surface area contributed by atoms with Crippen LogP contribution in [0.4, 0.5) is 0 Å². The zero-order valence-corrected chi connectivity index (χ0v) is 16.0. The number of allylic oxidation sites excluding steroid dienone is 1. The maximum atomic E-state index is 12.8. The number of nitrogens with zero attached hydrogens (tertiary/aromatic N) is 2. The number of hydrogen-bond acceptors (Lipinski definition) is 5. The summed E-state index contributed by atoms with van der Waals surface area (Å²) in [4.78, 5) is 21.7. The number of fused-ring (bicyclic) bond motifs is 3. The largest absolute Gasteiger partial charge is 0.515 e. The number of aliphatic hydroxyl groups excluding tert-OH is 1. The molecule has 3 atom stereocenters. The predicted octanol–water partition coefficient (Wildman–Crippen LogP) is 4.04. The molecule has 6 heteroatoms. The van der Waals surface area contributed by atoms with Crippen LogP contribution in [0.15, 0.2) is 42.2 Å². The first-order valence-corrected chi connectivity index (χ1v) is 9.44. The summed E-state index contributed by atoms with van der Waals surface area (Å²) in [5, 5.41) is 9.89. The monoisotopic (exact) mass is 384 g/mol. The lowest BCUT2D eigenvalue weighted by Crippen LogP contribution is -2.51. The van der Waals surface area contributed by atoms with Crippen molar-refractivity contribution in [3.05, 3.63) is 64.3 Å². The summed E-state index contributed by atoms with van der Waals surface area (Å²) < 4.78 is 5.49. The van der Waals surface area contributed by atoms with Crippen molar-refractivity contribution in [2.45, 2.75) is 31.6 Å². The molecule has 1 saturated carbocycles. The molecule has 2 aliphatic carbocycles. The van der Waals surface area contributed by atoms with E-state index in [2.05, 4.69) is 22.1 Å². The number of carbonyl (C=O) groups excluding carboxylic acids is 1. The van der Waals surface area contributed by atoms with Gasteiger partial charge in [0, 0.05) is 22.5 Å². The molecule has 2 aromatic rings. The van der Waals surface area contributed by atoms with Crippen LogP contribution in [0.2, 0.25) is 5.28 Å². The second-order valence-corrected chi connectivity index (χ2v) is 7.63. The SMILES string of the molecule is COc1nc(Cl)nc2c1CC[C@H]1[C@H](C)C(=O)C(=CO)C[C@]21c1ccccc1. The lowest BCUT2D eigenvalue weighted by Gasteiger charge is -2.50. The van der Waals surface area contributed by atoms with Gasteiger partial charge < -0.3 is 9.84 Å². The molecule has 0 unspecified atom stereocenters. The van der Waals surface area contributed by atoms with E-state index in [1.54, 1.807) is 7.11 Å². The maximum Gasteiger partial charge on any atom is 0.225 e. The van der Waals surface area contributed by atoms with Gasteiger partial charge in [0.15, 0.2) is 5.78 Å². The van der Waals surface area contributed by atoms with E-state index in [-0.39, 0.29) is 22.9 Å². The molecule has 5 nitrogen and oxygen atoms in total. The molecule has 1 aromatic heterocycles. The molecule has 1 aromatic carbocycles. The lowest BCUT2D eigenvalue weighted by molar-refractivity contribution is -0.123. The molecular weight excluding hydrogens is 364 g/mol. The van der Waals surface area contributed by atoms with Gasteiger partial charge in [0.05, 0.1) is 19.1 Å². The van der Waals surface area contributed by atoms with Gasteiger partial charge in [0.1, 0.15) is 0 Å². The molecule has 0 radical (unpaired) electrons. The maximum absolute atomic E-state index is 12.8. The number of benzene rings is 1. The van der Waals surface area contributed by atoms with Crippen molar-refractivity contribution in [1.82, 2.24) is 9.97 Å². The quantitative estimate of drug-likeness (QED) is 0.480. The Hall–Kier alpha value is -2.40. The highest BCUT2D eigenvalue weighted by Gasteiger charge is 2.55. The summed E-state index contributed by atoms with van der Waals surface area (Å²) in [6, 6.07) is 10.1. The highest BCUT2D eigenvalue weighted by atomic mass is 35.5. The Bertz CT molecular complexity index is 929. The number of aromatic nitrogens is 2. The van der Waals surface area contributed by atoms with E-state index in [9.17, 15) is 9.90 Å². The van der Waals surface area contributed by atoms with Crippen LogP contribution in [-0.4, -0.2) is 28.0 Å². The van der Waals surface area contributed by atoms with Gasteiger partial charge >= 0.3 is 0 Å². The molecule has 0 saturated heterocycles. The molecule has 4 rings (SSSR count). The number of ether oxygens (including phenoxy) is 1. The summed E-state index contributed by atoms with van der Waals surface area (Å²) in [6.07, 6.45) is 2.87. The van der Waals surface area contributed by atoms with Gasteiger partial charge in [-0.05, 0) is 42.3 Å². The number of Topliss-reactive ketones (excluding diaryl/α,β-unsaturated/α-hetero) is 1. The number of halogens is 1. The second-order valence-electron chi connectivity index (χ2n) is 7.30. The number of carbonyl (C=O) groups is 1. The first-order chi connectivity index (χ1) is 13.0. The molecule has 1 heterocycles. The van der Waals surface area contributed by atoms with E-state index in [4.69, 9.17) is 16.3 Å². The van der Waals surface area contributed by atoms with Gasteiger partial charge in [0.25, 0.3) is 0 Å². The van der Waals surface area contributed by atoms with Crippen LogP contribution in [0.25, 0.3) is 0 Å². The minimum absolute atomic E-state index is 0.00428. The van der Waals surface area contributed by atoms with Crippen LogP contribution < -0.4 is 4.74 Å². The number of rotatable bonds is 2. The number of hydrogen-bond donors (Lipinski definition) is 1. The fraction of sp³-hybridized carbons (Fsp3) is 0.381. The Balaban J connectivity index is 2.06. The zero-order chi connectivity index (χ0) is 19.2. The summed E-state index contributed by atoms with van der Waals surface area (Å²) in [6.45, 7) is 1.94. The summed E-state index contributed by atoms with van der Waals surface area (Å²) in [5.41, 5.74) is 2.66. The molecule has 0 amide bonds. The Kier molecular flexibility index (Phi) is 4.42. The van der Waals surface area contributed by atoms with Crippen LogP contribution in [0, 0.1) is 11.8 Å². The van der Waals surface area contributed by atoms with E-state index >= 15 is 0 Å². The van der Waals surface area contributed by atoms with Crippen molar-refractivity contribution in [1.29, 1.82) is 0 Å². The Morgan fingerprint density at radius 3 is 2.70 bits per heavy atom. The molecule has 1 N–H and O–H groups in total. The summed E-state index contributed by atoms with van der Waals surface area (Å²) in [7, 11) is 1.58. The van der Waals surface area contributed by atoms with Crippen molar-refractivity contribution < 1.29 is 14.6 Å². The van der Waals surface area contributed by atoms with Crippen LogP contribution in [0.1, 0.15) is 36.6 Å². The first-order valence-electron chi connectivity index (χ1n) is 9.06. The topological polar surface area (TPSA) is 72.3 Å². The standard InChI is InChI=1S/C21H21ClN2O3/c1-12-16-9-8-15-18(23-20(22)24-19(15)27-2)21(16,10-13(11-25)17(12)26)14-6-4-3-5-7-14/h3-7,11-12,16,25H,8-10H2,1-2H3/t12-,16-,21+/m0/s1. The minimum atomic E-state index is -0.559. The van der Waals surface area contributed by atoms with Crippen LogP contribution in [0.5, 0.6) is 5.88 Å². The lowest BCUT2D eigenvalue weighted by atomic mass is 9.52. The van der Waals surface area contributed by atoms with Crippen molar-refractivity contribution in [2.75, 3.05) is 7.11 Å². The Morgan fingerprint density at radius 2 is 2.04 bits per heavy atom. The first kappa shape index (κ1) is 18.0. The van der Waals surface area contributed by atoms with E-state index in [1.807, 2.05) is 25.1 Å². The highest BCUT2D eigenvalue weighted by Crippen LogP contribution is 2.56. The molecule has 0 spiro atoms. The van der Waals surface area contributed by atoms with Crippen molar-refractivity contribution in [3.63, 3.8) is 0 Å². The van der Waals surface area contributed by atoms with Gasteiger partial charge in [-0.1, -0.05) is 37.3 Å². The number of aliphatic hydroxyl groups is 1. The molecule has 27 heavy (non-hydrogen) atoms. The molecule has 2 aliphatic rings. The summed E-state index contributed by atoms with van der Waals surface area (Å²) in [5.74, 6) is 0.312. The number of ketones is 1. The predicted molar refractivity (Wildman–Crippen MR) is 102 cm³/mol. The van der Waals surface area contributed by atoms with Crippen molar-refractivity contribution >= 4 is 17.4 Å². The van der Waals surface area contributed by atoms with Gasteiger partial charge in [-0.3, -0.25) is 4.79 Å². The van der Waals surface area contributed by atoms with Gasteiger partial charge in [-0.15, -0.1) is 0 Å². The van der Waals surface area contributed by atoms with Gasteiger partial charge in [0.2, 0.25) is 11.2 Å². The summed E-state index contributed by atoms with van der Waals surface area (Å²) >= 11 is 6.24. The van der Waals surface area contributed by atoms with E-state index in [0.717, 1.165) is 35.9 Å². The van der Waals surface area contributed by atoms with E-state index in [1.165, 1.54) is 0 Å². The average molecular weight is 385 g/mol. The highest BCUT2D eigenvalue weighted by molar-refractivity contribution is 6.28. The Labute approximate surface area is 163 Å². The van der Waals surface area contributed by atoms with Crippen LogP contribution >= 0.6 is 11.6 Å². The average Bonchev–Trinajstić information content (AvgIpc) is 2.70. The second kappa shape index (κ2) is 6.64. The van der Waals surface area contributed by atoms with Gasteiger partial charge in [-0.2, -0.15) is 4.98 Å². The van der Waals surface area contributed by atoms with Gasteiger partial charge in [-0.25, -0.2) is 4.98 Å². The van der Waals surface area contributed by atoms with Crippen molar-refractivity contribution in [3.8, 4) is 5.88 Å². The third-order valence-electron chi connectivity index (χ3n) is 6.14. The zero-order valence-electron chi connectivity index (χ0n) is 15.3.